The number of likely N-dealkylation sites (N-methyl/N-ethyl adjacent to an activating group) is 2. The smallest absolute Gasteiger partial charge is 0.0121 e. The van der Waals surface area contributed by atoms with Crippen LogP contribution in [-0.4, -0.2) is 38.1 Å². The highest BCUT2D eigenvalue weighted by molar-refractivity contribution is 5.05. The Balaban J connectivity index is 1.70. The van der Waals surface area contributed by atoms with E-state index in [-0.39, 0.29) is 0 Å². The van der Waals surface area contributed by atoms with E-state index in [1.165, 1.54) is 25.8 Å². The second kappa shape index (κ2) is 4.79. The number of rotatable bonds is 5. The first-order valence-electron chi connectivity index (χ1n) is 7.98. The summed E-state index contributed by atoms with van der Waals surface area (Å²) in [5.74, 6) is 3.24. The molecule has 1 unspecified atom stereocenters. The monoisotopic (exact) mass is 250 g/mol. The molecule has 0 aliphatic heterocycles. The highest BCUT2D eigenvalue weighted by atomic mass is 15.1. The molecule has 0 amide bonds. The fraction of sp³-hybridized carbons (Fsp3) is 1.00. The van der Waals surface area contributed by atoms with E-state index in [0.29, 0.717) is 5.41 Å². The van der Waals surface area contributed by atoms with Crippen LogP contribution in [0, 0.1) is 23.2 Å². The van der Waals surface area contributed by atoms with E-state index in [2.05, 4.69) is 31.2 Å². The molecule has 2 heteroatoms. The minimum Gasteiger partial charge on any atom is -0.318 e. The summed E-state index contributed by atoms with van der Waals surface area (Å²) in [6.07, 6.45) is 9.28. The number of hydrogen-bond acceptors (Lipinski definition) is 2. The molecule has 4 fully saturated rings. The van der Waals surface area contributed by atoms with Crippen molar-refractivity contribution in [2.75, 3.05) is 27.2 Å². The molecular formula is C16H30N2. The minimum atomic E-state index is 0.678. The molecule has 4 saturated carbocycles. The lowest BCUT2D eigenvalue weighted by Crippen LogP contribution is -2.55. The van der Waals surface area contributed by atoms with Crippen molar-refractivity contribution < 1.29 is 0 Å². The first-order chi connectivity index (χ1) is 8.63. The van der Waals surface area contributed by atoms with E-state index in [0.717, 1.165) is 30.3 Å². The van der Waals surface area contributed by atoms with Crippen molar-refractivity contribution >= 4 is 0 Å². The Kier molecular flexibility index (Phi) is 3.44. The number of hydrogen-bond donors (Lipinski definition) is 1. The summed E-state index contributed by atoms with van der Waals surface area (Å²) >= 11 is 0. The molecule has 1 atom stereocenters. The lowest BCUT2D eigenvalue weighted by molar-refractivity contribution is -0.0921. The maximum Gasteiger partial charge on any atom is 0.0121 e. The van der Waals surface area contributed by atoms with E-state index >= 15 is 0 Å². The normalized spacial score (nSPS) is 43.7. The van der Waals surface area contributed by atoms with Crippen molar-refractivity contribution in [3.8, 4) is 0 Å². The van der Waals surface area contributed by atoms with Gasteiger partial charge in [-0.2, -0.15) is 0 Å². The Bertz CT molecular complexity index is 264. The van der Waals surface area contributed by atoms with Gasteiger partial charge in [-0.05, 0) is 82.7 Å². The molecule has 0 spiro atoms. The van der Waals surface area contributed by atoms with Crippen LogP contribution in [-0.2, 0) is 0 Å². The Morgan fingerprint density at radius 3 is 2.06 bits per heavy atom. The molecule has 0 radical (unpaired) electrons. The van der Waals surface area contributed by atoms with E-state index in [9.17, 15) is 0 Å². The third-order valence-electron chi connectivity index (χ3n) is 6.35. The molecule has 4 aliphatic carbocycles. The van der Waals surface area contributed by atoms with Gasteiger partial charge in [-0.3, -0.25) is 0 Å². The van der Waals surface area contributed by atoms with Crippen LogP contribution in [0.4, 0.5) is 0 Å². The lowest BCUT2D eigenvalue weighted by Gasteiger charge is -2.60. The Hall–Kier alpha value is -0.0800. The van der Waals surface area contributed by atoms with Crippen LogP contribution in [0.25, 0.3) is 0 Å². The summed E-state index contributed by atoms with van der Waals surface area (Å²) in [6, 6.07) is 0.777. The molecule has 0 aromatic heterocycles. The molecule has 0 saturated heterocycles. The second-order valence-corrected chi connectivity index (χ2v) is 7.54. The van der Waals surface area contributed by atoms with E-state index in [4.69, 9.17) is 0 Å². The first kappa shape index (κ1) is 12.9. The van der Waals surface area contributed by atoms with Crippen molar-refractivity contribution in [2.24, 2.45) is 23.2 Å². The summed E-state index contributed by atoms with van der Waals surface area (Å²) in [7, 11) is 4.39. The van der Waals surface area contributed by atoms with Crippen LogP contribution in [0.15, 0.2) is 0 Å². The van der Waals surface area contributed by atoms with Gasteiger partial charge in [0.15, 0.2) is 0 Å². The zero-order chi connectivity index (χ0) is 12.8. The van der Waals surface area contributed by atoms with Crippen LogP contribution < -0.4 is 5.32 Å². The van der Waals surface area contributed by atoms with Gasteiger partial charge in [-0.1, -0.05) is 0 Å². The highest BCUT2D eigenvalue weighted by Crippen LogP contribution is 2.61. The maximum absolute atomic E-state index is 3.29. The van der Waals surface area contributed by atoms with E-state index in [1.807, 2.05) is 0 Å². The summed E-state index contributed by atoms with van der Waals surface area (Å²) in [5, 5.41) is 3.29. The molecule has 4 bridgehead atoms. The third kappa shape index (κ3) is 2.12. The Morgan fingerprint density at radius 1 is 1.11 bits per heavy atom. The Morgan fingerprint density at radius 2 is 1.61 bits per heavy atom. The van der Waals surface area contributed by atoms with Crippen LogP contribution >= 0.6 is 0 Å². The molecular weight excluding hydrogens is 220 g/mol. The first-order valence-corrected chi connectivity index (χ1v) is 7.98. The molecule has 2 nitrogen and oxygen atoms in total. The SMILES string of the molecule is CNCCN(C)C(C)C12CC3CC(CC(C3)C1)C2. The predicted molar refractivity (Wildman–Crippen MR) is 76.6 cm³/mol. The van der Waals surface area contributed by atoms with Crippen LogP contribution in [0.2, 0.25) is 0 Å². The Labute approximate surface area is 113 Å². The predicted octanol–water partition coefficient (Wildman–Crippen LogP) is 2.74. The van der Waals surface area contributed by atoms with Gasteiger partial charge in [0.2, 0.25) is 0 Å². The fourth-order valence-electron chi connectivity index (χ4n) is 5.64. The van der Waals surface area contributed by atoms with Gasteiger partial charge in [0, 0.05) is 19.1 Å². The number of nitrogens with zero attached hydrogens (tertiary/aromatic N) is 1. The topological polar surface area (TPSA) is 15.3 Å². The van der Waals surface area contributed by atoms with E-state index < -0.39 is 0 Å². The molecule has 18 heavy (non-hydrogen) atoms. The van der Waals surface area contributed by atoms with Crippen molar-refractivity contribution in [1.29, 1.82) is 0 Å². The summed E-state index contributed by atoms with van der Waals surface area (Å²) in [5.41, 5.74) is 0.678. The quantitative estimate of drug-likeness (QED) is 0.807. The minimum absolute atomic E-state index is 0.678. The van der Waals surface area contributed by atoms with Crippen molar-refractivity contribution in [1.82, 2.24) is 10.2 Å². The standard InChI is InChI=1S/C16H30N2/c1-12(18(3)5-4-17-2)16-9-13-6-14(10-16)8-15(7-13)11-16/h12-15,17H,4-11H2,1-3H3. The van der Waals surface area contributed by atoms with Gasteiger partial charge < -0.3 is 10.2 Å². The largest absolute Gasteiger partial charge is 0.318 e. The second-order valence-electron chi connectivity index (χ2n) is 7.54. The lowest BCUT2D eigenvalue weighted by atomic mass is 9.47. The molecule has 0 heterocycles. The summed E-state index contributed by atoms with van der Waals surface area (Å²) in [6.45, 7) is 4.81. The zero-order valence-electron chi connectivity index (χ0n) is 12.4. The summed E-state index contributed by atoms with van der Waals surface area (Å²) in [4.78, 5) is 2.61. The average molecular weight is 250 g/mol. The highest BCUT2D eigenvalue weighted by Gasteiger charge is 2.53. The van der Waals surface area contributed by atoms with Gasteiger partial charge in [0.25, 0.3) is 0 Å². The van der Waals surface area contributed by atoms with Crippen LogP contribution in [0.3, 0.4) is 0 Å². The van der Waals surface area contributed by atoms with E-state index in [1.54, 1.807) is 19.3 Å². The van der Waals surface area contributed by atoms with Crippen LogP contribution in [0.1, 0.15) is 45.4 Å². The van der Waals surface area contributed by atoms with Gasteiger partial charge in [0.05, 0.1) is 0 Å². The van der Waals surface area contributed by atoms with Gasteiger partial charge in [-0.15, -0.1) is 0 Å². The van der Waals surface area contributed by atoms with Crippen molar-refractivity contribution in [3.63, 3.8) is 0 Å². The molecule has 4 aliphatic rings. The number of nitrogens with one attached hydrogen (secondary N) is 1. The molecule has 4 rings (SSSR count). The van der Waals surface area contributed by atoms with Crippen LogP contribution in [0.5, 0.6) is 0 Å². The maximum atomic E-state index is 3.29. The van der Waals surface area contributed by atoms with Gasteiger partial charge in [0.1, 0.15) is 0 Å². The molecule has 0 aromatic rings. The van der Waals surface area contributed by atoms with Crippen molar-refractivity contribution in [3.05, 3.63) is 0 Å². The van der Waals surface area contributed by atoms with Gasteiger partial charge >= 0.3 is 0 Å². The third-order valence-corrected chi connectivity index (χ3v) is 6.35. The zero-order valence-corrected chi connectivity index (χ0v) is 12.4. The van der Waals surface area contributed by atoms with Crippen molar-refractivity contribution in [2.45, 2.75) is 51.5 Å². The summed E-state index contributed by atoms with van der Waals surface area (Å²) < 4.78 is 0. The average Bonchev–Trinajstić information content (AvgIpc) is 2.33. The fourth-order valence-corrected chi connectivity index (χ4v) is 5.64. The van der Waals surface area contributed by atoms with Gasteiger partial charge in [-0.25, -0.2) is 0 Å². The molecule has 1 N–H and O–H groups in total. The molecule has 104 valence electrons. The molecule has 0 aromatic carbocycles.